The Morgan fingerprint density at radius 1 is 1.24 bits per heavy atom. The van der Waals surface area contributed by atoms with E-state index in [1.54, 1.807) is 18.2 Å². The Balaban J connectivity index is 1.95. The van der Waals surface area contributed by atoms with Gasteiger partial charge in [0.25, 0.3) is 0 Å². The van der Waals surface area contributed by atoms with Gasteiger partial charge in [-0.25, -0.2) is 4.98 Å². The lowest BCUT2D eigenvalue weighted by Gasteiger charge is -2.10. The minimum Gasteiger partial charge on any atom is -0.508 e. The first kappa shape index (κ1) is 18.0. The zero-order valence-corrected chi connectivity index (χ0v) is 13.6. The number of nitriles is 1. The minimum atomic E-state index is -0.824. The van der Waals surface area contributed by atoms with Crippen molar-refractivity contribution in [1.29, 1.82) is 5.26 Å². The van der Waals surface area contributed by atoms with Crippen molar-refractivity contribution in [3.63, 3.8) is 0 Å². The van der Waals surface area contributed by atoms with E-state index in [-0.39, 0.29) is 12.2 Å². The van der Waals surface area contributed by atoms with Crippen LogP contribution in [0.1, 0.15) is 30.4 Å². The normalized spacial score (nSPS) is 10.0. The predicted molar refractivity (Wildman–Crippen MR) is 92.2 cm³/mol. The molecule has 0 spiro atoms. The van der Waals surface area contributed by atoms with Gasteiger partial charge < -0.3 is 20.8 Å². The lowest BCUT2D eigenvalue weighted by molar-refractivity contribution is -0.137. The van der Waals surface area contributed by atoms with Gasteiger partial charge >= 0.3 is 5.97 Å². The molecule has 0 saturated carbocycles. The highest BCUT2D eigenvalue weighted by Gasteiger charge is 2.07. The summed E-state index contributed by atoms with van der Waals surface area (Å²) in [5.74, 6) is 0.0822. The third-order valence-corrected chi connectivity index (χ3v) is 3.45. The van der Waals surface area contributed by atoms with Crippen molar-refractivity contribution in [3.8, 4) is 11.8 Å². The van der Waals surface area contributed by atoms with Crippen molar-refractivity contribution in [2.75, 3.05) is 17.2 Å². The Morgan fingerprint density at radius 3 is 2.76 bits per heavy atom. The Morgan fingerprint density at radius 2 is 2.04 bits per heavy atom. The van der Waals surface area contributed by atoms with Crippen molar-refractivity contribution in [2.45, 2.75) is 25.8 Å². The quantitative estimate of drug-likeness (QED) is 0.511. The number of unbranched alkanes of at least 4 members (excludes halogenated alkanes) is 1. The van der Waals surface area contributed by atoms with Gasteiger partial charge in [0.05, 0.1) is 6.20 Å². The van der Waals surface area contributed by atoms with Crippen LogP contribution >= 0.6 is 0 Å². The SMILES string of the molecule is N#Cc1cnc(NCc2ccccc2O)nc1NCCCCC(=O)O. The molecule has 1 heterocycles. The summed E-state index contributed by atoms with van der Waals surface area (Å²) < 4.78 is 0. The second-order valence-electron chi connectivity index (χ2n) is 5.33. The predicted octanol–water partition coefficient (Wildman–Crippen LogP) is 2.33. The summed E-state index contributed by atoms with van der Waals surface area (Å²) in [6.07, 6.45) is 2.74. The van der Waals surface area contributed by atoms with E-state index in [4.69, 9.17) is 10.4 Å². The van der Waals surface area contributed by atoms with Gasteiger partial charge in [0.1, 0.15) is 23.2 Å². The largest absolute Gasteiger partial charge is 0.508 e. The maximum Gasteiger partial charge on any atom is 0.303 e. The van der Waals surface area contributed by atoms with Gasteiger partial charge in [0.15, 0.2) is 0 Å². The average molecular weight is 341 g/mol. The zero-order chi connectivity index (χ0) is 18.1. The van der Waals surface area contributed by atoms with Crippen LogP contribution in [0.2, 0.25) is 0 Å². The number of carboxylic acids is 1. The van der Waals surface area contributed by atoms with E-state index in [2.05, 4.69) is 20.6 Å². The van der Waals surface area contributed by atoms with Crippen LogP contribution < -0.4 is 10.6 Å². The number of nitrogens with one attached hydrogen (secondary N) is 2. The molecule has 8 nitrogen and oxygen atoms in total. The summed E-state index contributed by atoms with van der Waals surface area (Å²) in [6.45, 7) is 0.856. The standard InChI is InChI=1S/C17H19N5O3/c18-9-13-11-21-17(20-10-12-5-1-2-6-14(12)23)22-16(13)19-8-4-3-7-15(24)25/h1-2,5-6,11,23H,3-4,7-8,10H2,(H,24,25)(H2,19,20,21,22). The number of hydrogen-bond acceptors (Lipinski definition) is 7. The monoisotopic (exact) mass is 341 g/mol. The molecule has 8 heteroatoms. The number of carboxylic acid groups (broad SMARTS) is 1. The molecular formula is C17H19N5O3. The number of rotatable bonds is 9. The highest BCUT2D eigenvalue weighted by molar-refractivity contribution is 5.66. The molecule has 0 amide bonds. The molecular weight excluding hydrogens is 322 g/mol. The first-order valence-electron chi connectivity index (χ1n) is 7.83. The molecule has 4 N–H and O–H groups in total. The van der Waals surface area contributed by atoms with Gasteiger partial charge in [-0.1, -0.05) is 18.2 Å². The Bertz CT molecular complexity index is 773. The topological polar surface area (TPSA) is 131 Å². The van der Waals surface area contributed by atoms with E-state index in [0.717, 1.165) is 0 Å². The second-order valence-corrected chi connectivity index (χ2v) is 5.33. The third kappa shape index (κ3) is 5.66. The van der Waals surface area contributed by atoms with Crippen molar-refractivity contribution in [1.82, 2.24) is 9.97 Å². The molecule has 2 rings (SSSR count). The number of hydrogen-bond donors (Lipinski definition) is 4. The number of anilines is 2. The highest BCUT2D eigenvalue weighted by atomic mass is 16.4. The second kappa shape index (κ2) is 9.08. The summed E-state index contributed by atoms with van der Waals surface area (Å²) in [5.41, 5.74) is 1.02. The van der Waals surface area contributed by atoms with Crippen LogP contribution in [0.5, 0.6) is 5.75 Å². The van der Waals surface area contributed by atoms with Gasteiger partial charge in [-0.05, 0) is 18.9 Å². The van der Waals surface area contributed by atoms with E-state index in [1.165, 1.54) is 6.20 Å². The molecule has 130 valence electrons. The summed E-state index contributed by atoms with van der Waals surface area (Å²) >= 11 is 0. The fourth-order valence-corrected chi connectivity index (χ4v) is 2.13. The van der Waals surface area contributed by atoms with Gasteiger partial charge in [-0.2, -0.15) is 10.2 Å². The first-order chi connectivity index (χ1) is 12.1. The molecule has 1 aromatic heterocycles. The van der Waals surface area contributed by atoms with E-state index < -0.39 is 5.97 Å². The molecule has 0 aliphatic rings. The Kier molecular flexibility index (Phi) is 6.54. The van der Waals surface area contributed by atoms with Crippen LogP contribution in [0.15, 0.2) is 30.5 Å². The summed E-state index contributed by atoms with van der Waals surface area (Å²) in [4.78, 5) is 18.8. The fraction of sp³-hybridized carbons (Fsp3) is 0.294. The number of benzene rings is 1. The van der Waals surface area contributed by atoms with Crippen molar-refractivity contribution < 1.29 is 15.0 Å². The van der Waals surface area contributed by atoms with Gasteiger partial charge in [-0.15, -0.1) is 0 Å². The fourth-order valence-electron chi connectivity index (χ4n) is 2.13. The van der Waals surface area contributed by atoms with E-state index in [1.807, 2.05) is 12.1 Å². The maximum absolute atomic E-state index is 10.5. The van der Waals surface area contributed by atoms with Crippen molar-refractivity contribution in [2.24, 2.45) is 0 Å². The molecule has 25 heavy (non-hydrogen) atoms. The smallest absolute Gasteiger partial charge is 0.303 e. The van der Waals surface area contributed by atoms with Crippen molar-refractivity contribution >= 4 is 17.7 Å². The van der Waals surface area contributed by atoms with Crippen molar-refractivity contribution in [3.05, 3.63) is 41.6 Å². The van der Waals surface area contributed by atoms with Gasteiger partial charge in [0, 0.05) is 25.1 Å². The average Bonchev–Trinajstić information content (AvgIpc) is 2.60. The molecule has 0 unspecified atom stereocenters. The van der Waals surface area contributed by atoms with Crippen LogP contribution in [-0.2, 0) is 11.3 Å². The van der Waals surface area contributed by atoms with Crippen LogP contribution in [0.25, 0.3) is 0 Å². The number of nitrogens with zero attached hydrogens (tertiary/aromatic N) is 3. The first-order valence-corrected chi connectivity index (χ1v) is 7.83. The van der Waals surface area contributed by atoms with Crippen LogP contribution in [0.3, 0.4) is 0 Å². The van der Waals surface area contributed by atoms with Crippen LogP contribution in [0, 0.1) is 11.3 Å². The summed E-state index contributed by atoms with van der Waals surface area (Å²) in [5, 5.41) is 33.5. The highest BCUT2D eigenvalue weighted by Crippen LogP contribution is 2.18. The molecule has 0 saturated heterocycles. The number of aliphatic carboxylic acids is 1. The summed E-state index contributed by atoms with van der Waals surface area (Å²) in [6, 6.07) is 8.96. The van der Waals surface area contributed by atoms with E-state index in [9.17, 15) is 9.90 Å². The zero-order valence-electron chi connectivity index (χ0n) is 13.6. The van der Waals surface area contributed by atoms with Crippen LogP contribution in [0.4, 0.5) is 11.8 Å². The lowest BCUT2D eigenvalue weighted by atomic mass is 10.2. The lowest BCUT2D eigenvalue weighted by Crippen LogP contribution is -2.10. The number of aromatic nitrogens is 2. The van der Waals surface area contributed by atoms with Crippen LogP contribution in [-0.4, -0.2) is 32.7 Å². The number of phenolic OH excluding ortho intramolecular Hbond substituents is 1. The number of carbonyl (C=O) groups is 1. The molecule has 0 atom stereocenters. The summed E-state index contributed by atoms with van der Waals surface area (Å²) in [7, 11) is 0. The van der Waals surface area contributed by atoms with E-state index in [0.29, 0.717) is 48.8 Å². The molecule has 0 bridgehead atoms. The molecule has 0 radical (unpaired) electrons. The molecule has 1 aromatic carbocycles. The maximum atomic E-state index is 10.5. The number of phenols is 1. The third-order valence-electron chi connectivity index (χ3n) is 3.45. The van der Waals surface area contributed by atoms with Gasteiger partial charge in [-0.3, -0.25) is 4.79 Å². The number of aromatic hydroxyl groups is 1. The van der Waals surface area contributed by atoms with Gasteiger partial charge in [0.2, 0.25) is 5.95 Å². The Labute approximate surface area is 145 Å². The van der Waals surface area contributed by atoms with E-state index >= 15 is 0 Å². The molecule has 0 fully saturated rings. The molecule has 2 aromatic rings. The Hall–Kier alpha value is -3.34. The number of para-hydroxylation sites is 1. The molecule has 0 aliphatic heterocycles. The minimum absolute atomic E-state index is 0.115. The molecule has 0 aliphatic carbocycles.